The van der Waals surface area contributed by atoms with Gasteiger partial charge in [-0.3, -0.25) is 9.59 Å². The number of nitrogens with zero attached hydrogens (tertiary/aromatic N) is 2. The summed E-state index contributed by atoms with van der Waals surface area (Å²) in [5, 5.41) is 8.51. The SMILES string of the molecule is CN(CCC#N)C(=O)COc1ccc(C(=O)c2ccc(F)cc2)cc1. The number of amides is 1. The number of ketones is 1. The van der Waals surface area contributed by atoms with Gasteiger partial charge in [-0.1, -0.05) is 0 Å². The fourth-order valence-electron chi connectivity index (χ4n) is 2.07. The highest BCUT2D eigenvalue weighted by atomic mass is 19.1. The van der Waals surface area contributed by atoms with Crippen LogP contribution in [0.5, 0.6) is 5.75 Å². The maximum absolute atomic E-state index is 12.9. The zero-order valence-corrected chi connectivity index (χ0v) is 13.7. The number of halogens is 1. The molecule has 0 spiro atoms. The number of carbonyl (C=O) groups is 2. The summed E-state index contributed by atoms with van der Waals surface area (Å²) in [7, 11) is 1.60. The lowest BCUT2D eigenvalue weighted by Gasteiger charge is -2.15. The molecule has 0 saturated carbocycles. The van der Waals surface area contributed by atoms with Crippen LogP contribution < -0.4 is 4.74 Å². The molecule has 6 heteroatoms. The second-order valence-corrected chi connectivity index (χ2v) is 5.37. The van der Waals surface area contributed by atoms with E-state index in [1.165, 1.54) is 29.2 Å². The molecule has 25 heavy (non-hydrogen) atoms. The topological polar surface area (TPSA) is 70.4 Å². The number of likely N-dealkylation sites (N-methyl/N-ethyl adjacent to an activating group) is 1. The molecule has 2 rings (SSSR count). The number of ether oxygens (including phenoxy) is 1. The summed E-state index contributed by atoms with van der Waals surface area (Å²) in [5.41, 5.74) is 0.834. The van der Waals surface area contributed by atoms with E-state index in [0.717, 1.165) is 0 Å². The standard InChI is InChI=1S/C19H17FN2O3/c1-22(12-2-11-21)18(23)13-25-17-9-5-15(6-10-17)19(24)14-3-7-16(20)8-4-14/h3-10H,2,12-13H2,1H3. The Labute approximate surface area is 145 Å². The average Bonchev–Trinajstić information content (AvgIpc) is 2.64. The van der Waals surface area contributed by atoms with Crippen LogP contribution in [0, 0.1) is 17.1 Å². The maximum Gasteiger partial charge on any atom is 0.260 e. The minimum Gasteiger partial charge on any atom is -0.484 e. The third-order valence-electron chi connectivity index (χ3n) is 3.57. The molecule has 0 atom stereocenters. The van der Waals surface area contributed by atoms with Gasteiger partial charge in [-0.2, -0.15) is 5.26 Å². The van der Waals surface area contributed by atoms with Crippen molar-refractivity contribution in [2.75, 3.05) is 20.2 Å². The Kier molecular flexibility index (Phi) is 6.24. The minimum atomic E-state index is -0.398. The molecule has 0 aliphatic heterocycles. The van der Waals surface area contributed by atoms with Gasteiger partial charge in [-0.25, -0.2) is 4.39 Å². The van der Waals surface area contributed by atoms with E-state index in [1.54, 1.807) is 31.3 Å². The van der Waals surface area contributed by atoms with Gasteiger partial charge in [-0.15, -0.1) is 0 Å². The van der Waals surface area contributed by atoms with Crippen LogP contribution >= 0.6 is 0 Å². The Morgan fingerprint density at radius 1 is 1.08 bits per heavy atom. The highest BCUT2D eigenvalue weighted by Gasteiger charge is 2.11. The zero-order chi connectivity index (χ0) is 18.2. The maximum atomic E-state index is 12.9. The van der Waals surface area contributed by atoms with Crippen molar-refractivity contribution in [3.8, 4) is 11.8 Å². The first kappa shape index (κ1) is 18.1. The molecule has 0 radical (unpaired) electrons. The molecule has 0 aliphatic carbocycles. The van der Waals surface area contributed by atoms with Crippen molar-refractivity contribution in [1.29, 1.82) is 5.26 Å². The van der Waals surface area contributed by atoms with Gasteiger partial charge in [-0.05, 0) is 48.5 Å². The summed E-state index contributed by atoms with van der Waals surface area (Å²) >= 11 is 0. The summed E-state index contributed by atoms with van der Waals surface area (Å²) < 4.78 is 18.3. The van der Waals surface area contributed by atoms with Crippen molar-refractivity contribution in [3.05, 3.63) is 65.5 Å². The first-order chi connectivity index (χ1) is 12.0. The molecule has 0 unspecified atom stereocenters. The smallest absolute Gasteiger partial charge is 0.260 e. The second kappa shape index (κ2) is 8.60. The largest absolute Gasteiger partial charge is 0.484 e. The zero-order valence-electron chi connectivity index (χ0n) is 13.7. The van der Waals surface area contributed by atoms with Crippen LogP contribution in [-0.2, 0) is 4.79 Å². The first-order valence-corrected chi connectivity index (χ1v) is 7.65. The predicted molar refractivity (Wildman–Crippen MR) is 89.6 cm³/mol. The molecule has 2 aromatic carbocycles. The van der Waals surface area contributed by atoms with Crippen LogP contribution in [0.15, 0.2) is 48.5 Å². The molecule has 0 N–H and O–H groups in total. The molecule has 0 fully saturated rings. The molecular formula is C19H17FN2O3. The normalized spacial score (nSPS) is 9.96. The quantitative estimate of drug-likeness (QED) is 0.727. The number of rotatable bonds is 7. The Bertz CT molecular complexity index is 780. The van der Waals surface area contributed by atoms with Crippen molar-refractivity contribution in [2.45, 2.75) is 6.42 Å². The summed E-state index contributed by atoms with van der Waals surface area (Å²) in [6.45, 7) is 0.205. The van der Waals surface area contributed by atoms with Gasteiger partial charge in [0.1, 0.15) is 11.6 Å². The van der Waals surface area contributed by atoms with E-state index in [1.807, 2.05) is 6.07 Å². The Balaban J connectivity index is 1.93. The van der Waals surface area contributed by atoms with Crippen LogP contribution in [0.3, 0.4) is 0 Å². The minimum absolute atomic E-state index is 0.146. The summed E-state index contributed by atoms with van der Waals surface area (Å²) in [5.74, 6) is -0.400. The molecule has 0 saturated heterocycles. The van der Waals surface area contributed by atoms with E-state index in [9.17, 15) is 14.0 Å². The van der Waals surface area contributed by atoms with Gasteiger partial charge in [0.05, 0.1) is 12.5 Å². The van der Waals surface area contributed by atoms with Gasteiger partial charge in [0.2, 0.25) is 0 Å². The first-order valence-electron chi connectivity index (χ1n) is 7.65. The third kappa shape index (κ3) is 5.15. The van der Waals surface area contributed by atoms with E-state index in [0.29, 0.717) is 23.4 Å². The monoisotopic (exact) mass is 340 g/mol. The predicted octanol–water partition coefficient (Wildman–Crippen LogP) is 2.81. The van der Waals surface area contributed by atoms with E-state index in [4.69, 9.17) is 10.00 Å². The number of benzene rings is 2. The molecule has 0 aromatic heterocycles. The fourth-order valence-corrected chi connectivity index (χ4v) is 2.07. The Morgan fingerprint density at radius 2 is 1.64 bits per heavy atom. The van der Waals surface area contributed by atoms with Crippen molar-refractivity contribution in [2.24, 2.45) is 0 Å². The molecule has 2 aromatic rings. The molecule has 5 nitrogen and oxygen atoms in total. The van der Waals surface area contributed by atoms with Gasteiger partial charge in [0, 0.05) is 24.7 Å². The van der Waals surface area contributed by atoms with Gasteiger partial charge in [0.25, 0.3) is 5.91 Å². The van der Waals surface area contributed by atoms with Crippen molar-refractivity contribution < 1.29 is 18.7 Å². The van der Waals surface area contributed by atoms with Crippen molar-refractivity contribution in [3.63, 3.8) is 0 Å². The lowest BCUT2D eigenvalue weighted by atomic mass is 10.0. The molecule has 1 amide bonds. The Hall–Kier alpha value is -3.20. The molecule has 128 valence electrons. The van der Waals surface area contributed by atoms with Gasteiger partial charge >= 0.3 is 0 Å². The molecular weight excluding hydrogens is 323 g/mol. The third-order valence-corrected chi connectivity index (χ3v) is 3.57. The lowest BCUT2D eigenvalue weighted by molar-refractivity contribution is -0.131. The van der Waals surface area contributed by atoms with Crippen LogP contribution in [0.1, 0.15) is 22.3 Å². The van der Waals surface area contributed by atoms with Crippen LogP contribution in [0.2, 0.25) is 0 Å². The van der Waals surface area contributed by atoms with Crippen LogP contribution in [0.25, 0.3) is 0 Å². The van der Waals surface area contributed by atoms with E-state index in [-0.39, 0.29) is 24.7 Å². The fraction of sp³-hybridized carbons (Fsp3) is 0.211. The highest BCUT2D eigenvalue weighted by Crippen LogP contribution is 2.16. The number of carbonyl (C=O) groups excluding carboxylic acids is 2. The number of hydrogen-bond acceptors (Lipinski definition) is 4. The van der Waals surface area contributed by atoms with E-state index in [2.05, 4.69) is 0 Å². The summed E-state index contributed by atoms with van der Waals surface area (Å²) in [4.78, 5) is 25.5. The van der Waals surface area contributed by atoms with Gasteiger partial charge < -0.3 is 9.64 Å². The van der Waals surface area contributed by atoms with Gasteiger partial charge in [0.15, 0.2) is 12.4 Å². The number of nitriles is 1. The van der Waals surface area contributed by atoms with Crippen molar-refractivity contribution >= 4 is 11.7 Å². The summed E-state index contributed by atoms with van der Waals surface area (Å²) in [6, 6.07) is 13.7. The van der Waals surface area contributed by atoms with E-state index >= 15 is 0 Å². The molecule has 0 bridgehead atoms. The Morgan fingerprint density at radius 3 is 2.20 bits per heavy atom. The van der Waals surface area contributed by atoms with Crippen LogP contribution in [-0.4, -0.2) is 36.8 Å². The van der Waals surface area contributed by atoms with Crippen LogP contribution in [0.4, 0.5) is 4.39 Å². The second-order valence-electron chi connectivity index (χ2n) is 5.37. The van der Waals surface area contributed by atoms with Crippen molar-refractivity contribution in [1.82, 2.24) is 4.90 Å². The lowest BCUT2D eigenvalue weighted by Crippen LogP contribution is -2.32. The number of hydrogen-bond donors (Lipinski definition) is 0. The average molecular weight is 340 g/mol. The van der Waals surface area contributed by atoms with E-state index < -0.39 is 5.82 Å². The highest BCUT2D eigenvalue weighted by molar-refractivity contribution is 6.09. The molecule has 0 aliphatic rings. The summed E-state index contributed by atoms with van der Waals surface area (Å²) in [6.07, 6.45) is 0.266. The molecule has 0 heterocycles.